The van der Waals surface area contributed by atoms with Crippen LogP contribution in [0.4, 0.5) is 0 Å². The highest BCUT2D eigenvalue weighted by Crippen LogP contribution is 2.28. The van der Waals surface area contributed by atoms with E-state index in [1.54, 1.807) is 6.26 Å². The fourth-order valence-corrected chi connectivity index (χ4v) is 2.82. The van der Waals surface area contributed by atoms with Crippen molar-refractivity contribution in [3.8, 4) is 0 Å². The van der Waals surface area contributed by atoms with Crippen LogP contribution in [0.25, 0.3) is 11.0 Å². The quantitative estimate of drug-likeness (QED) is 0.908. The fraction of sp³-hybridized carbons (Fsp3) is 0.438. The molecule has 2 heterocycles. The minimum Gasteiger partial charge on any atom is -0.464 e. The molecule has 1 aromatic heterocycles. The second-order valence-electron chi connectivity index (χ2n) is 5.64. The van der Waals surface area contributed by atoms with E-state index in [1.165, 1.54) is 0 Å². The number of ether oxygens (including phenoxy) is 1. The van der Waals surface area contributed by atoms with Crippen molar-refractivity contribution < 1.29 is 19.1 Å². The SMILES string of the molecule is Cc1cc2occ(CC(=O)N[C@@H]3CCOC[C@H]3O)c2cc1Cl. The van der Waals surface area contributed by atoms with Crippen LogP contribution in [0.15, 0.2) is 22.8 Å². The minimum absolute atomic E-state index is 0.148. The Bertz CT molecular complexity index is 697. The third kappa shape index (κ3) is 3.11. The number of benzene rings is 1. The summed E-state index contributed by atoms with van der Waals surface area (Å²) in [5.74, 6) is -0.148. The Balaban J connectivity index is 1.72. The van der Waals surface area contributed by atoms with E-state index < -0.39 is 6.10 Å². The van der Waals surface area contributed by atoms with Crippen molar-refractivity contribution in [3.63, 3.8) is 0 Å². The monoisotopic (exact) mass is 323 g/mol. The van der Waals surface area contributed by atoms with Crippen molar-refractivity contribution in [1.82, 2.24) is 5.32 Å². The van der Waals surface area contributed by atoms with E-state index in [4.69, 9.17) is 20.8 Å². The summed E-state index contributed by atoms with van der Waals surface area (Å²) >= 11 is 6.14. The number of hydrogen-bond acceptors (Lipinski definition) is 4. The fourth-order valence-electron chi connectivity index (χ4n) is 2.66. The first-order valence-electron chi connectivity index (χ1n) is 7.26. The highest BCUT2D eigenvalue weighted by Gasteiger charge is 2.25. The van der Waals surface area contributed by atoms with Gasteiger partial charge in [-0.3, -0.25) is 4.79 Å². The molecule has 5 nitrogen and oxygen atoms in total. The largest absolute Gasteiger partial charge is 0.464 e. The van der Waals surface area contributed by atoms with E-state index in [1.807, 2.05) is 19.1 Å². The number of nitrogens with one attached hydrogen (secondary N) is 1. The van der Waals surface area contributed by atoms with Crippen molar-refractivity contribution in [2.24, 2.45) is 0 Å². The van der Waals surface area contributed by atoms with Gasteiger partial charge in [0.1, 0.15) is 5.58 Å². The normalized spacial score (nSPS) is 22.0. The Hall–Kier alpha value is -1.56. The molecule has 22 heavy (non-hydrogen) atoms. The number of aliphatic hydroxyl groups is 1. The molecule has 3 rings (SSSR count). The number of amides is 1. The molecule has 6 heteroatoms. The van der Waals surface area contributed by atoms with Gasteiger partial charge in [-0.2, -0.15) is 0 Å². The zero-order chi connectivity index (χ0) is 15.7. The Labute approximate surface area is 133 Å². The molecule has 0 bridgehead atoms. The number of fused-ring (bicyclic) bond motifs is 1. The number of carbonyl (C=O) groups is 1. The molecule has 0 spiro atoms. The zero-order valence-corrected chi connectivity index (χ0v) is 13.0. The summed E-state index contributed by atoms with van der Waals surface area (Å²) in [6, 6.07) is 3.42. The van der Waals surface area contributed by atoms with Crippen LogP contribution < -0.4 is 5.32 Å². The summed E-state index contributed by atoms with van der Waals surface area (Å²) < 4.78 is 10.6. The summed E-state index contributed by atoms with van der Waals surface area (Å²) in [4.78, 5) is 12.2. The van der Waals surface area contributed by atoms with Gasteiger partial charge in [0.05, 0.1) is 31.4 Å². The van der Waals surface area contributed by atoms with Crippen LogP contribution in [0, 0.1) is 6.92 Å². The number of aliphatic hydroxyl groups excluding tert-OH is 1. The van der Waals surface area contributed by atoms with Crippen molar-refractivity contribution in [3.05, 3.63) is 34.5 Å². The van der Waals surface area contributed by atoms with E-state index in [0.29, 0.717) is 18.1 Å². The van der Waals surface area contributed by atoms with Crippen molar-refractivity contribution in [2.45, 2.75) is 31.9 Å². The number of aryl methyl sites for hydroxylation is 1. The molecule has 1 fully saturated rings. The van der Waals surface area contributed by atoms with Gasteiger partial charge in [0.15, 0.2) is 0 Å². The van der Waals surface area contributed by atoms with Crippen LogP contribution in [0.2, 0.25) is 5.02 Å². The maximum atomic E-state index is 12.2. The topological polar surface area (TPSA) is 71.7 Å². The van der Waals surface area contributed by atoms with Gasteiger partial charge in [0.2, 0.25) is 5.91 Å². The van der Waals surface area contributed by atoms with Crippen LogP contribution >= 0.6 is 11.6 Å². The molecular formula is C16H18ClNO4. The maximum absolute atomic E-state index is 12.2. The van der Waals surface area contributed by atoms with Gasteiger partial charge in [0, 0.05) is 22.6 Å². The van der Waals surface area contributed by atoms with Crippen molar-refractivity contribution in [2.75, 3.05) is 13.2 Å². The summed E-state index contributed by atoms with van der Waals surface area (Å²) in [5.41, 5.74) is 2.44. The van der Waals surface area contributed by atoms with Crippen LogP contribution in [-0.2, 0) is 16.0 Å². The molecule has 1 aliphatic heterocycles. The zero-order valence-electron chi connectivity index (χ0n) is 12.3. The number of halogens is 1. The van der Waals surface area contributed by atoms with Gasteiger partial charge in [-0.1, -0.05) is 11.6 Å². The summed E-state index contributed by atoms with van der Waals surface area (Å²) in [5, 5.41) is 14.2. The third-order valence-electron chi connectivity index (χ3n) is 3.96. The Morgan fingerprint density at radius 1 is 1.50 bits per heavy atom. The van der Waals surface area contributed by atoms with E-state index in [2.05, 4.69) is 5.32 Å². The van der Waals surface area contributed by atoms with Crippen LogP contribution in [-0.4, -0.2) is 36.4 Å². The Kier molecular flexibility index (Phi) is 4.38. The van der Waals surface area contributed by atoms with E-state index >= 15 is 0 Å². The van der Waals surface area contributed by atoms with Crippen LogP contribution in [0.1, 0.15) is 17.5 Å². The highest BCUT2D eigenvalue weighted by atomic mass is 35.5. The standard InChI is InChI=1S/C16H18ClNO4/c1-9-4-15-11(6-12(9)17)10(7-22-15)5-16(20)18-13-2-3-21-8-14(13)19/h4,6-7,13-14,19H,2-3,5,8H2,1H3,(H,18,20)/t13-,14-/m1/s1. The number of hydrogen-bond donors (Lipinski definition) is 2. The highest BCUT2D eigenvalue weighted by molar-refractivity contribution is 6.32. The van der Waals surface area contributed by atoms with Crippen LogP contribution in [0.5, 0.6) is 0 Å². The molecule has 0 saturated carbocycles. The first-order chi connectivity index (χ1) is 10.5. The van der Waals surface area contributed by atoms with Gasteiger partial charge < -0.3 is 19.6 Å². The molecule has 2 atom stereocenters. The van der Waals surface area contributed by atoms with Gasteiger partial charge in [-0.15, -0.1) is 0 Å². The predicted molar refractivity (Wildman–Crippen MR) is 83.0 cm³/mol. The lowest BCUT2D eigenvalue weighted by molar-refractivity contribution is -0.123. The lowest BCUT2D eigenvalue weighted by Gasteiger charge is -2.28. The lowest BCUT2D eigenvalue weighted by atomic mass is 10.0. The average molecular weight is 324 g/mol. The Morgan fingerprint density at radius 3 is 3.09 bits per heavy atom. The van der Waals surface area contributed by atoms with Crippen molar-refractivity contribution in [1.29, 1.82) is 0 Å². The first-order valence-corrected chi connectivity index (χ1v) is 7.64. The second kappa shape index (κ2) is 6.28. The smallest absolute Gasteiger partial charge is 0.224 e. The number of furan rings is 1. The van der Waals surface area contributed by atoms with Gasteiger partial charge in [-0.25, -0.2) is 0 Å². The van der Waals surface area contributed by atoms with Crippen LogP contribution in [0.3, 0.4) is 0 Å². The second-order valence-corrected chi connectivity index (χ2v) is 6.05. The summed E-state index contributed by atoms with van der Waals surface area (Å²) in [6.45, 7) is 2.71. The van der Waals surface area contributed by atoms with E-state index in [9.17, 15) is 9.90 Å². The van der Waals surface area contributed by atoms with E-state index in [-0.39, 0.29) is 25.0 Å². The summed E-state index contributed by atoms with van der Waals surface area (Å²) in [7, 11) is 0. The first kappa shape index (κ1) is 15.3. The molecule has 0 unspecified atom stereocenters. The van der Waals surface area contributed by atoms with E-state index in [0.717, 1.165) is 22.1 Å². The average Bonchev–Trinajstić information content (AvgIpc) is 2.84. The number of rotatable bonds is 3. The molecule has 118 valence electrons. The Morgan fingerprint density at radius 2 is 2.32 bits per heavy atom. The predicted octanol–water partition coefficient (Wildman–Crippen LogP) is 2.20. The van der Waals surface area contributed by atoms with Crippen molar-refractivity contribution >= 4 is 28.5 Å². The third-order valence-corrected chi connectivity index (χ3v) is 4.37. The molecule has 1 aromatic carbocycles. The molecule has 1 aliphatic rings. The molecule has 0 aliphatic carbocycles. The molecule has 1 amide bonds. The number of carbonyl (C=O) groups excluding carboxylic acids is 1. The molecule has 0 radical (unpaired) electrons. The maximum Gasteiger partial charge on any atom is 0.224 e. The minimum atomic E-state index is -0.657. The summed E-state index contributed by atoms with van der Waals surface area (Å²) in [6.07, 6.45) is 1.73. The lowest BCUT2D eigenvalue weighted by Crippen LogP contribution is -2.49. The molecule has 1 saturated heterocycles. The molecule has 2 N–H and O–H groups in total. The van der Waals surface area contributed by atoms with Gasteiger partial charge >= 0.3 is 0 Å². The molecule has 2 aromatic rings. The van der Waals surface area contributed by atoms with Gasteiger partial charge in [0.25, 0.3) is 0 Å². The molecular weight excluding hydrogens is 306 g/mol. The van der Waals surface area contributed by atoms with Gasteiger partial charge in [-0.05, 0) is 31.0 Å².